The van der Waals surface area contributed by atoms with Crippen LogP contribution < -0.4 is 20.1 Å². The maximum atomic E-state index is 12.0. The van der Waals surface area contributed by atoms with Crippen LogP contribution in [0.4, 0.5) is 5.69 Å². The Labute approximate surface area is 173 Å². The van der Waals surface area contributed by atoms with Crippen LogP contribution in [-0.2, 0) is 16.4 Å². The second-order valence-corrected chi connectivity index (χ2v) is 9.91. The molecule has 0 bridgehead atoms. The minimum absolute atomic E-state index is 0.0267. The second-order valence-electron chi connectivity index (χ2n) is 8.03. The molecular weight excluding hydrogens is 386 g/mol. The highest BCUT2D eigenvalue weighted by Gasteiger charge is 2.33. The number of hydrogen-bond donors (Lipinski definition) is 2. The lowest BCUT2D eigenvalue weighted by atomic mass is 9.84. The zero-order valence-electron chi connectivity index (χ0n) is 16.8. The molecule has 1 fully saturated rings. The van der Waals surface area contributed by atoms with Gasteiger partial charge in [0.15, 0.2) is 0 Å². The maximum Gasteiger partial charge on any atom is 0.211 e. The lowest BCUT2D eigenvalue weighted by Gasteiger charge is -2.42. The van der Waals surface area contributed by atoms with Crippen LogP contribution in [0.5, 0.6) is 5.75 Å². The molecule has 2 aromatic carbocycles. The molecule has 0 aromatic heterocycles. The summed E-state index contributed by atoms with van der Waals surface area (Å²) in [6.45, 7) is 3.75. The predicted octanol–water partition coefficient (Wildman–Crippen LogP) is 2.25. The Kier molecular flexibility index (Phi) is 5.81. The molecular formula is C22H29N3O3S. The Morgan fingerprint density at radius 3 is 2.66 bits per heavy atom. The van der Waals surface area contributed by atoms with Crippen LogP contribution in [0.1, 0.15) is 30.4 Å². The van der Waals surface area contributed by atoms with E-state index in [0.29, 0.717) is 26.1 Å². The number of benzene rings is 2. The van der Waals surface area contributed by atoms with Crippen LogP contribution in [0.2, 0.25) is 0 Å². The van der Waals surface area contributed by atoms with Crippen molar-refractivity contribution in [3.8, 4) is 5.75 Å². The molecule has 2 aliphatic heterocycles. The first-order valence-corrected chi connectivity index (χ1v) is 11.9. The van der Waals surface area contributed by atoms with Crippen LogP contribution in [-0.4, -0.2) is 46.0 Å². The molecule has 3 N–H and O–H groups in total. The normalized spacial score (nSPS) is 21.9. The Balaban J connectivity index is 1.48. The van der Waals surface area contributed by atoms with Gasteiger partial charge in [-0.05, 0) is 36.6 Å². The highest BCUT2D eigenvalue weighted by molar-refractivity contribution is 7.89. The molecule has 2 heterocycles. The van der Waals surface area contributed by atoms with Gasteiger partial charge in [-0.15, -0.1) is 0 Å². The summed E-state index contributed by atoms with van der Waals surface area (Å²) in [5.41, 5.74) is 9.91. The van der Waals surface area contributed by atoms with Crippen LogP contribution in [0.15, 0.2) is 48.5 Å². The summed E-state index contributed by atoms with van der Waals surface area (Å²) >= 11 is 0. The number of nitrogens with zero attached hydrogens (tertiary/aromatic N) is 1. The van der Waals surface area contributed by atoms with Gasteiger partial charge >= 0.3 is 0 Å². The lowest BCUT2D eigenvalue weighted by Crippen LogP contribution is -2.59. The molecule has 0 spiro atoms. The van der Waals surface area contributed by atoms with Crippen molar-refractivity contribution in [2.45, 2.75) is 37.8 Å². The largest absolute Gasteiger partial charge is 0.492 e. The van der Waals surface area contributed by atoms with Gasteiger partial charge in [0.2, 0.25) is 10.0 Å². The Hall–Kier alpha value is -2.09. The van der Waals surface area contributed by atoms with Gasteiger partial charge in [-0.1, -0.05) is 37.3 Å². The first-order chi connectivity index (χ1) is 13.9. The standard InChI is InChI=1S/C22H29N3O3S/c1-2-10-29(26,27)24-17-13-25(14-17)18-8-9-22-20(12-18)19(21(23)15-28-22)11-16-6-4-3-5-7-16/h3-9,12,17,19,21,24H,2,10-11,13-15,23H2,1H3. The zero-order chi connectivity index (χ0) is 20.4. The van der Waals surface area contributed by atoms with Gasteiger partial charge in [0.05, 0.1) is 11.8 Å². The van der Waals surface area contributed by atoms with E-state index in [4.69, 9.17) is 10.5 Å². The molecule has 2 unspecified atom stereocenters. The fraction of sp³-hybridized carbons (Fsp3) is 0.455. The highest BCUT2D eigenvalue weighted by atomic mass is 32.2. The third-order valence-corrected chi connectivity index (χ3v) is 7.34. The summed E-state index contributed by atoms with van der Waals surface area (Å²) in [6.07, 6.45) is 1.50. The minimum atomic E-state index is -3.18. The van der Waals surface area contributed by atoms with Gasteiger partial charge in [-0.2, -0.15) is 0 Å². The summed E-state index contributed by atoms with van der Waals surface area (Å²) in [7, 11) is -3.18. The topological polar surface area (TPSA) is 84.7 Å². The zero-order valence-corrected chi connectivity index (χ0v) is 17.6. The van der Waals surface area contributed by atoms with Crippen LogP contribution >= 0.6 is 0 Å². The highest BCUT2D eigenvalue weighted by Crippen LogP contribution is 2.38. The van der Waals surface area contributed by atoms with Gasteiger partial charge in [-0.25, -0.2) is 13.1 Å². The predicted molar refractivity (Wildman–Crippen MR) is 116 cm³/mol. The van der Waals surface area contributed by atoms with Crippen LogP contribution in [0, 0.1) is 0 Å². The summed E-state index contributed by atoms with van der Waals surface area (Å²) in [4.78, 5) is 2.19. The molecule has 29 heavy (non-hydrogen) atoms. The smallest absolute Gasteiger partial charge is 0.211 e. The second kappa shape index (κ2) is 8.34. The van der Waals surface area contributed by atoms with E-state index < -0.39 is 10.0 Å². The van der Waals surface area contributed by atoms with Crippen molar-refractivity contribution >= 4 is 15.7 Å². The molecule has 0 saturated carbocycles. The number of sulfonamides is 1. The fourth-order valence-corrected chi connectivity index (χ4v) is 5.47. The summed E-state index contributed by atoms with van der Waals surface area (Å²) in [6, 6.07) is 16.5. The molecule has 0 radical (unpaired) electrons. The van der Waals surface area contributed by atoms with E-state index in [2.05, 4.69) is 40.0 Å². The first-order valence-electron chi connectivity index (χ1n) is 10.3. The fourth-order valence-electron chi connectivity index (χ4n) is 4.16. The molecule has 6 nitrogen and oxygen atoms in total. The van der Waals surface area contributed by atoms with E-state index in [1.807, 2.05) is 25.1 Å². The molecule has 0 amide bonds. The molecule has 7 heteroatoms. The van der Waals surface area contributed by atoms with Crippen LogP contribution in [0.3, 0.4) is 0 Å². The van der Waals surface area contributed by atoms with Crippen molar-refractivity contribution in [1.29, 1.82) is 0 Å². The van der Waals surface area contributed by atoms with E-state index >= 15 is 0 Å². The summed E-state index contributed by atoms with van der Waals surface area (Å²) < 4.78 is 32.6. The van der Waals surface area contributed by atoms with Gasteiger partial charge in [0, 0.05) is 36.3 Å². The number of ether oxygens (including phenoxy) is 1. The van der Waals surface area contributed by atoms with E-state index in [-0.39, 0.29) is 23.8 Å². The molecule has 2 aliphatic rings. The monoisotopic (exact) mass is 415 g/mol. The third-order valence-electron chi connectivity index (χ3n) is 5.71. The van der Waals surface area contributed by atoms with Gasteiger partial charge in [0.25, 0.3) is 0 Å². The van der Waals surface area contributed by atoms with E-state index in [1.54, 1.807) is 0 Å². The average molecular weight is 416 g/mol. The first kappa shape index (κ1) is 20.2. The molecule has 2 aromatic rings. The molecule has 1 saturated heterocycles. The lowest BCUT2D eigenvalue weighted by molar-refractivity contribution is 0.238. The quantitative estimate of drug-likeness (QED) is 0.725. The Morgan fingerprint density at radius 1 is 1.17 bits per heavy atom. The van der Waals surface area contributed by atoms with Gasteiger partial charge in [-0.3, -0.25) is 0 Å². The Morgan fingerprint density at radius 2 is 1.93 bits per heavy atom. The van der Waals surface area contributed by atoms with E-state index in [9.17, 15) is 8.42 Å². The SMILES string of the molecule is CCCS(=O)(=O)NC1CN(c2ccc3c(c2)C(Cc2ccccc2)C(N)CO3)C1. The number of fused-ring (bicyclic) bond motifs is 1. The number of anilines is 1. The van der Waals surface area contributed by atoms with Crippen molar-refractivity contribution in [3.63, 3.8) is 0 Å². The van der Waals surface area contributed by atoms with Crippen molar-refractivity contribution in [1.82, 2.24) is 4.72 Å². The van der Waals surface area contributed by atoms with Crippen molar-refractivity contribution in [2.24, 2.45) is 5.73 Å². The molecule has 0 aliphatic carbocycles. The van der Waals surface area contributed by atoms with Gasteiger partial charge in [0.1, 0.15) is 12.4 Å². The van der Waals surface area contributed by atoms with Crippen molar-refractivity contribution in [3.05, 3.63) is 59.7 Å². The maximum absolute atomic E-state index is 12.0. The number of nitrogens with two attached hydrogens (primary N) is 1. The summed E-state index contributed by atoms with van der Waals surface area (Å²) in [5, 5.41) is 0. The van der Waals surface area contributed by atoms with E-state index in [0.717, 1.165) is 23.4 Å². The van der Waals surface area contributed by atoms with Crippen molar-refractivity contribution < 1.29 is 13.2 Å². The minimum Gasteiger partial charge on any atom is -0.492 e. The summed E-state index contributed by atoms with van der Waals surface area (Å²) in [5.74, 6) is 1.27. The molecule has 156 valence electrons. The van der Waals surface area contributed by atoms with E-state index in [1.165, 1.54) is 5.56 Å². The average Bonchev–Trinajstić information content (AvgIpc) is 2.67. The van der Waals surface area contributed by atoms with Gasteiger partial charge < -0.3 is 15.4 Å². The number of rotatable bonds is 7. The molecule has 4 rings (SSSR count). The third kappa shape index (κ3) is 4.57. The number of nitrogens with one attached hydrogen (secondary N) is 1. The van der Waals surface area contributed by atoms with Crippen LogP contribution in [0.25, 0.3) is 0 Å². The molecule has 2 atom stereocenters. The van der Waals surface area contributed by atoms with Crippen molar-refractivity contribution in [2.75, 3.05) is 30.3 Å². The Bertz CT molecular complexity index is 943. The number of hydrogen-bond acceptors (Lipinski definition) is 5.